The van der Waals surface area contributed by atoms with Crippen LogP contribution in [0.5, 0.6) is 0 Å². The molecule has 1 aliphatic carbocycles. The molecule has 0 aromatic heterocycles. The predicted octanol–water partition coefficient (Wildman–Crippen LogP) is 6.39. The Morgan fingerprint density at radius 1 is 0.655 bits per heavy atom. The highest BCUT2D eigenvalue weighted by Crippen LogP contribution is 2.30. The van der Waals surface area contributed by atoms with Crippen LogP contribution in [-0.2, 0) is 11.2 Å². The molecule has 0 bridgehead atoms. The van der Waals surface area contributed by atoms with E-state index in [0.29, 0.717) is 17.5 Å². The molecule has 3 rings (SSSR count). The van der Waals surface area contributed by atoms with E-state index >= 15 is 0 Å². The Bertz CT molecular complexity index is 890. The molecule has 0 unspecified atom stereocenters. The summed E-state index contributed by atoms with van der Waals surface area (Å²) in [6, 6.07) is 15.6. The molecule has 3 nitrogen and oxygen atoms in total. The number of Topliss-reactive ketones (excluding diaryl/α,β-unsaturated/α-hetero) is 2. The number of carbonyl (C=O) groups excluding carboxylic acids is 2. The number of benzene rings is 2. The van der Waals surface area contributed by atoms with Gasteiger partial charge in [0.05, 0.1) is 0 Å². The third-order valence-electron chi connectivity index (χ3n) is 5.71. The number of unbranched alkanes of at least 4 members (excludes halogenated alkanes) is 6. The number of fused-ring (bicyclic) bond motifs is 1. The van der Waals surface area contributed by atoms with E-state index in [1.165, 1.54) is 36.8 Å². The van der Waals surface area contributed by atoms with Crippen molar-refractivity contribution in [3.63, 3.8) is 0 Å². The second kappa shape index (κ2) is 10.2. The van der Waals surface area contributed by atoms with Gasteiger partial charge in [-0.3, -0.25) is 9.59 Å². The molecule has 0 atom stereocenters. The lowest BCUT2D eigenvalue weighted by Crippen LogP contribution is -2.24. The minimum atomic E-state index is -0.544. The van der Waals surface area contributed by atoms with Gasteiger partial charge in [-0.1, -0.05) is 86.2 Å². The van der Waals surface area contributed by atoms with Gasteiger partial charge in [-0.15, -0.1) is 0 Å². The number of rotatable bonds is 10. The molecule has 152 valence electrons. The number of ketones is 2. The molecular weight excluding hydrogens is 360 g/mol. The van der Waals surface area contributed by atoms with E-state index in [1.807, 2.05) is 0 Å². The van der Waals surface area contributed by atoms with Crippen LogP contribution in [0.25, 0.3) is 5.76 Å². The normalized spacial score (nSPS) is 13.7. The molecule has 0 radical (unpaired) electrons. The molecule has 2 aromatic rings. The van der Waals surface area contributed by atoms with Crippen molar-refractivity contribution in [1.82, 2.24) is 0 Å². The van der Waals surface area contributed by atoms with Crippen molar-refractivity contribution < 1.29 is 14.7 Å². The second-order valence-corrected chi connectivity index (χ2v) is 7.99. The Balaban J connectivity index is 1.34. The Hall–Kier alpha value is -2.68. The van der Waals surface area contributed by atoms with Crippen LogP contribution in [0.2, 0.25) is 0 Å². The first-order chi connectivity index (χ1) is 14.1. The van der Waals surface area contributed by atoms with Crippen LogP contribution in [-0.4, -0.2) is 16.7 Å². The number of hydrogen-bond donors (Lipinski definition) is 1. The average Bonchev–Trinajstić information content (AvgIpc) is 2.74. The molecule has 0 saturated heterocycles. The summed E-state index contributed by atoms with van der Waals surface area (Å²) in [6.45, 7) is 2.11. The number of hydrogen-bond acceptors (Lipinski definition) is 3. The Labute approximate surface area is 173 Å². The van der Waals surface area contributed by atoms with Crippen molar-refractivity contribution in [2.75, 3.05) is 0 Å². The molecule has 3 heteroatoms. The van der Waals surface area contributed by atoms with Gasteiger partial charge in [0.1, 0.15) is 5.76 Å². The first kappa shape index (κ1) is 21.0. The quantitative estimate of drug-likeness (QED) is 0.377. The lowest BCUT2D eigenvalue weighted by Gasteiger charge is -2.17. The van der Waals surface area contributed by atoms with E-state index in [4.69, 9.17) is 0 Å². The molecular formula is C26H30O3. The summed E-state index contributed by atoms with van der Waals surface area (Å²) in [7, 11) is 0. The molecule has 0 amide bonds. The molecule has 0 heterocycles. The minimum absolute atomic E-state index is 0.0127. The molecule has 2 aromatic carbocycles. The Kier molecular flexibility index (Phi) is 7.40. The SMILES string of the molecule is Cc1ccc(CCCCCCCCCC2=C(O)c3ccccc3C(=O)C2=O)cc1. The van der Waals surface area contributed by atoms with E-state index in [0.717, 1.165) is 25.7 Å². The van der Waals surface area contributed by atoms with Gasteiger partial charge in [-0.2, -0.15) is 0 Å². The molecule has 0 spiro atoms. The highest BCUT2D eigenvalue weighted by Gasteiger charge is 2.31. The maximum absolute atomic E-state index is 12.3. The van der Waals surface area contributed by atoms with Crippen LogP contribution < -0.4 is 0 Å². The van der Waals surface area contributed by atoms with Crippen molar-refractivity contribution in [2.45, 2.75) is 64.7 Å². The molecule has 1 aliphatic rings. The van der Waals surface area contributed by atoms with E-state index < -0.39 is 11.6 Å². The molecule has 29 heavy (non-hydrogen) atoms. The topological polar surface area (TPSA) is 54.4 Å². The van der Waals surface area contributed by atoms with Crippen LogP contribution in [0.4, 0.5) is 0 Å². The van der Waals surface area contributed by atoms with Crippen LogP contribution in [0.1, 0.15) is 78.4 Å². The lowest BCUT2D eigenvalue weighted by molar-refractivity contribution is -0.112. The van der Waals surface area contributed by atoms with Gasteiger partial charge in [-0.25, -0.2) is 0 Å². The zero-order valence-electron chi connectivity index (χ0n) is 17.2. The highest BCUT2D eigenvalue weighted by atomic mass is 16.3. The van der Waals surface area contributed by atoms with E-state index in [2.05, 4.69) is 31.2 Å². The number of aliphatic hydroxyl groups excluding tert-OH is 1. The van der Waals surface area contributed by atoms with E-state index in [9.17, 15) is 14.7 Å². The predicted molar refractivity (Wildman–Crippen MR) is 117 cm³/mol. The van der Waals surface area contributed by atoms with Crippen LogP contribution in [0.15, 0.2) is 54.1 Å². The van der Waals surface area contributed by atoms with Crippen LogP contribution in [0.3, 0.4) is 0 Å². The van der Waals surface area contributed by atoms with Gasteiger partial charge in [0.15, 0.2) is 0 Å². The smallest absolute Gasteiger partial charge is 0.234 e. The summed E-state index contributed by atoms with van der Waals surface area (Å²) in [4.78, 5) is 24.5. The Morgan fingerprint density at radius 2 is 1.21 bits per heavy atom. The number of carbonyl (C=O) groups is 2. The summed E-state index contributed by atoms with van der Waals surface area (Å²) in [5, 5.41) is 10.4. The van der Waals surface area contributed by atoms with Gasteiger partial charge in [0, 0.05) is 16.7 Å². The highest BCUT2D eigenvalue weighted by molar-refractivity contribution is 6.52. The monoisotopic (exact) mass is 390 g/mol. The fraction of sp³-hybridized carbons (Fsp3) is 0.385. The van der Waals surface area contributed by atoms with Crippen molar-refractivity contribution >= 4 is 17.3 Å². The van der Waals surface area contributed by atoms with Crippen LogP contribution in [0, 0.1) is 6.92 Å². The lowest BCUT2D eigenvalue weighted by atomic mass is 9.86. The van der Waals surface area contributed by atoms with Crippen molar-refractivity contribution in [2.24, 2.45) is 0 Å². The van der Waals surface area contributed by atoms with Crippen LogP contribution >= 0.6 is 0 Å². The first-order valence-corrected chi connectivity index (χ1v) is 10.7. The van der Waals surface area contributed by atoms with E-state index in [-0.39, 0.29) is 11.3 Å². The zero-order valence-corrected chi connectivity index (χ0v) is 17.2. The van der Waals surface area contributed by atoms with Gasteiger partial charge in [-0.05, 0) is 38.2 Å². The summed E-state index contributed by atoms with van der Waals surface area (Å²) in [5.74, 6) is -1.06. The minimum Gasteiger partial charge on any atom is -0.507 e. The zero-order chi connectivity index (χ0) is 20.6. The van der Waals surface area contributed by atoms with Crippen molar-refractivity contribution in [3.05, 3.63) is 76.4 Å². The van der Waals surface area contributed by atoms with E-state index in [1.54, 1.807) is 24.3 Å². The summed E-state index contributed by atoms with van der Waals surface area (Å²) in [6.07, 6.45) is 9.45. The second-order valence-electron chi connectivity index (χ2n) is 7.99. The summed E-state index contributed by atoms with van der Waals surface area (Å²) < 4.78 is 0. The van der Waals surface area contributed by atoms with Gasteiger partial charge in [0.2, 0.25) is 11.6 Å². The molecule has 0 fully saturated rings. The summed E-state index contributed by atoms with van der Waals surface area (Å²) in [5.41, 5.74) is 3.80. The van der Waals surface area contributed by atoms with Gasteiger partial charge >= 0.3 is 0 Å². The molecule has 0 saturated carbocycles. The standard InChI is InChI=1S/C26H30O3/c1-19-15-17-20(18-16-19)11-7-5-3-2-4-6-8-14-23-24(27)21-12-9-10-13-22(21)25(28)26(23)29/h9-10,12-13,15-18,27H,2-8,11,14H2,1H3. The van der Waals surface area contributed by atoms with Crippen molar-refractivity contribution in [3.8, 4) is 0 Å². The number of aliphatic hydroxyl groups is 1. The number of aryl methyl sites for hydroxylation is 2. The molecule has 1 N–H and O–H groups in total. The van der Waals surface area contributed by atoms with Crippen molar-refractivity contribution in [1.29, 1.82) is 0 Å². The third-order valence-corrected chi connectivity index (χ3v) is 5.71. The maximum Gasteiger partial charge on any atom is 0.234 e. The largest absolute Gasteiger partial charge is 0.507 e. The fourth-order valence-corrected chi connectivity index (χ4v) is 3.92. The van der Waals surface area contributed by atoms with Gasteiger partial charge < -0.3 is 5.11 Å². The maximum atomic E-state index is 12.3. The fourth-order valence-electron chi connectivity index (χ4n) is 3.92. The summed E-state index contributed by atoms with van der Waals surface area (Å²) >= 11 is 0. The number of allylic oxidation sites excluding steroid dienone is 1. The first-order valence-electron chi connectivity index (χ1n) is 10.7. The average molecular weight is 391 g/mol. The molecule has 0 aliphatic heterocycles. The Morgan fingerprint density at radius 3 is 1.86 bits per heavy atom. The third kappa shape index (κ3) is 5.44. The van der Waals surface area contributed by atoms with Gasteiger partial charge in [0.25, 0.3) is 0 Å².